The second kappa shape index (κ2) is 6.43. The summed E-state index contributed by atoms with van der Waals surface area (Å²) in [6.45, 7) is 4.24. The van der Waals surface area contributed by atoms with E-state index in [1.54, 1.807) is 25.3 Å². The summed E-state index contributed by atoms with van der Waals surface area (Å²) in [6, 6.07) is 5.20. The average Bonchev–Trinajstić information content (AvgIpc) is 2.41. The second-order valence-corrected chi connectivity index (χ2v) is 5.04. The van der Waals surface area contributed by atoms with Crippen LogP contribution in [0.5, 0.6) is 5.75 Å². The molecule has 20 heavy (non-hydrogen) atoms. The number of benzene rings is 1. The zero-order valence-corrected chi connectivity index (χ0v) is 12.0. The Morgan fingerprint density at radius 1 is 1.50 bits per heavy atom. The van der Waals surface area contributed by atoms with Crippen molar-refractivity contribution in [1.82, 2.24) is 4.90 Å². The minimum atomic E-state index is -0.0538. The maximum atomic E-state index is 12.1. The highest BCUT2D eigenvalue weighted by Gasteiger charge is 2.14. The molecule has 1 aromatic carbocycles. The Bertz CT molecular complexity index is 526. The Labute approximate surface area is 119 Å². The molecule has 3 N–H and O–H groups in total. The summed E-state index contributed by atoms with van der Waals surface area (Å²) < 4.78 is 5.21. The molecule has 0 aliphatic carbocycles. The monoisotopic (exact) mass is 275 g/mol. The fourth-order valence-electron chi connectivity index (χ4n) is 2.17. The molecule has 0 radical (unpaired) electrons. The van der Waals surface area contributed by atoms with Crippen LogP contribution in [-0.2, 0) is 4.79 Å². The van der Waals surface area contributed by atoms with Gasteiger partial charge in [0, 0.05) is 18.8 Å². The van der Waals surface area contributed by atoms with Gasteiger partial charge in [-0.1, -0.05) is 11.6 Å². The van der Waals surface area contributed by atoms with Crippen LogP contribution in [0.25, 0.3) is 0 Å². The molecule has 0 aromatic heterocycles. The van der Waals surface area contributed by atoms with Gasteiger partial charge in [0.15, 0.2) is 0 Å². The Hall–Kier alpha value is -2.01. The smallest absolute Gasteiger partial charge is 0.238 e. The molecule has 0 bridgehead atoms. The number of methoxy groups -OCH3 is 1. The van der Waals surface area contributed by atoms with E-state index in [4.69, 9.17) is 10.5 Å². The maximum Gasteiger partial charge on any atom is 0.238 e. The molecule has 0 fully saturated rings. The summed E-state index contributed by atoms with van der Waals surface area (Å²) >= 11 is 0. The first kappa shape index (κ1) is 14.4. The Morgan fingerprint density at radius 3 is 2.95 bits per heavy atom. The van der Waals surface area contributed by atoms with Gasteiger partial charge in [-0.05, 0) is 31.5 Å². The molecule has 0 saturated carbocycles. The maximum absolute atomic E-state index is 12.1. The summed E-state index contributed by atoms with van der Waals surface area (Å²) in [5.41, 5.74) is 8.33. The number of amides is 1. The first-order chi connectivity index (χ1) is 9.58. The van der Waals surface area contributed by atoms with Crippen LogP contribution in [0.3, 0.4) is 0 Å². The summed E-state index contributed by atoms with van der Waals surface area (Å²) in [6.07, 6.45) is 3.19. The largest absolute Gasteiger partial charge is 0.495 e. The number of anilines is 2. The third-order valence-corrected chi connectivity index (χ3v) is 3.39. The molecular weight excluding hydrogens is 254 g/mol. The van der Waals surface area contributed by atoms with E-state index in [2.05, 4.69) is 23.2 Å². The molecular formula is C15H21N3O2. The minimum Gasteiger partial charge on any atom is -0.495 e. The number of nitrogens with one attached hydrogen (secondary N) is 1. The quantitative estimate of drug-likeness (QED) is 0.650. The molecule has 108 valence electrons. The lowest BCUT2D eigenvalue weighted by atomic mass is 10.1. The van der Waals surface area contributed by atoms with Gasteiger partial charge < -0.3 is 15.8 Å². The molecule has 0 spiro atoms. The molecule has 5 heteroatoms. The fourth-order valence-corrected chi connectivity index (χ4v) is 2.17. The first-order valence-corrected chi connectivity index (χ1v) is 6.70. The van der Waals surface area contributed by atoms with Crippen LogP contribution >= 0.6 is 0 Å². The topological polar surface area (TPSA) is 67.6 Å². The molecule has 1 heterocycles. The van der Waals surface area contributed by atoms with Crippen LogP contribution in [-0.4, -0.2) is 37.6 Å². The predicted molar refractivity (Wildman–Crippen MR) is 80.9 cm³/mol. The van der Waals surface area contributed by atoms with Gasteiger partial charge in [0.05, 0.1) is 19.3 Å². The van der Waals surface area contributed by atoms with Gasteiger partial charge in [0.1, 0.15) is 5.75 Å². The summed E-state index contributed by atoms with van der Waals surface area (Å²) in [5, 5.41) is 2.85. The second-order valence-electron chi connectivity index (χ2n) is 5.04. The van der Waals surface area contributed by atoms with Crippen molar-refractivity contribution >= 4 is 17.3 Å². The van der Waals surface area contributed by atoms with Crippen molar-refractivity contribution < 1.29 is 9.53 Å². The number of nitrogens with two attached hydrogens (primary N) is 1. The molecule has 1 amide bonds. The van der Waals surface area contributed by atoms with Gasteiger partial charge in [-0.3, -0.25) is 9.69 Å². The van der Waals surface area contributed by atoms with Crippen molar-refractivity contribution in [1.29, 1.82) is 0 Å². The number of carbonyl (C=O) groups excluding carboxylic acids is 1. The fraction of sp³-hybridized carbons (Fsp3) is 0.400. The van der Waals surface area contributed by atoms with Crippen molar-refractivity contribution in [3.05, 3.63) is 29.8 Å². The zero-order chi connectivity index (χ0) is 14.5. The van der Waals surface area contributed by atoms with Gasteiger partial charge in [0.25, 0.3) is 0 Å². The Kier molecular flexibility index (Phi) is 4.63. The van der Waals surface area contributed by atoms with E-state index in [9.17, 15) is 4.79 Å². The van der Waals surface area contributed by atoms with Crippen molar-refractivity contribution in [3.8, 4) is 5.75 Å². The molecule has 1 aliphatic rings. The van der Waals surface area contributed by atoms with Gasteiger partial charge in [-0.2, -0.15) is 0 Å². The predicted octanol–water partition coefficient (Wildman–Crippen LogP) is 1.87. The molecule has 2 rings (SSSR count). The van der Waals surface area contributed by atoms with Gasteiger partial charge in [0.2, 0.25) is 5.91 Å². The number of hydrogen-bond acceptors (Lipinski definition) is 4. The van der Waals surface area contributed by atoms with Crippen LogP contribution < -0.4 is 15.8 Å². The number of carbonyl (C=O) groups is 1. The lowest BCUT2D eigenvalue weighted by Crippen LogP contribution is -2.36. The molecule has 0 atom stereocenters. The highest BCUT2D eigenvalue weighted by molar-refractivity contribution is 5.94. The van der Waals surface area contributed by atoms with Gasteiger partial charge in [-0.15, -0.1) is 0 Å². The Morgan fingerprint density at radius 2 is 2.30 bits per heavy atom. The molecule has 0 saturated heterocycles. The summed E-state index contributed by atoms with van der Waals surface area (Å²) in [4.78, 5) is 14.2. The SMILES string of the molecule is COc1ccc(N)cc1NC(=O)CN1CC=C(C)CC1. The average molecular weight is 275 g/mol. The van der Waals surface area contributed by atoms with Crippen molar-refractivity contribution in [2.24, 2.45) is 0 Å². The summed E-state index contributed by atoms with van der Waals surface area (Å²) in [7, 11) is 1.57. The highest BCUT2D eigenvalue weighted by Crippen LogP contribution is 2.26. The third kappa shape index (κ3) is 3.74. The highest BCUT2D eigenvalue weighted by atomic mass is 16.5. The number of nitrogen functional groups attached to an aromatic ring is 1. The van der Waals surface area contributed by atoms with E-state index in [-0.39, 0.29) is 5.91 Å². The normalized spacial score (nSPS) is 15.6. The van der Waals surface area contributed by atoms with Crippen LogP contribution in [0.4, 0.5) is 11.4 Å². The van der Waals surface area contributed by atoms with Crippen LogP contribution in [0.2, 0.25) is 0 Å². The molecule has 1 aliphatic heterocycles. The number of hydrogen-bond donors (Lipinski definition) is 2. The van der Waals surface area contributed by atoms with Crippen LogP contribution in [0.15, 0.2) is 29.8 Å². The lowest BCUT2D eigenvalue weighted by molar-refractivity contribution is -0.117. The van der Waals surface area contributed by atoms with Gasteiger partial charge in [-0.25, -0.2) is 0 Å². The Balaban J connectivity index is 1.96. The third-order valence-electron chi connectivity index (χ3n) is 3.39. The van der Waals surface area contributed by atoms with Crippen molar-refractivity contribution in [3.63, 3.8) is 0 Å². The first-order valence-electron chi connectivity index (χ1n) is 6.70. The number of ether oxygens (including phenoxy) is 1. The lowest BCUT2D eigenvalue weighted by Gasteiger charge is -2.24. The molecule has 1 aromatic rings. The van der Waals surface area contributed by atoms with Crippen molar-refractivity contribution in [2.45, 2.75) is 13.3 Å². The van der Waals surface area contributed by atoms with Crippen molar-refractivity contribution in [2.75, 3.05) is 37.8 Å². The van der Waals surface area contributed by atoms with E-state index >= 15 is 0 Å². The number of nitrogens with zero attached hydrogens (tertiary/aromatic N) is 1. The van der Waals surface area contributed by atoms with E-state index in [0.717, 1.165) is 19.5 Å². The minimum absolute atomic E-state index is 0.0538. The van der Waals surface area contributed by atoms with Crippen LogP contribution in [0, 0.1) is 0 Å². The van der Waals surface area contributed by atoms with E-state index in [1.165, 1.54) is 5.57 Å². The number of rotatable bonds is 4. The molecule has 5 nitrogen and oxygen atoms in total. The van der Waals surface area contributed by atoms with E-state index < -0.39 is 0 Å². The molecule has 0 unspecified atom stereocenters. The summed E-state index contributed by atoms with van der Waals surface area (Å²) in [5.74, 6) is 0.559. The standard InChI is InChI=1S/C15H21N3O2/c1-11-5-7-18(8-6-11)10-15(19)17-13-9-12(16)3-4-14(13)20-2/h3-5,9H,6-8,10,16H2,1-2H3,(H,17,19). The van der Waals surface area contributed by atoms with Crippen LogP contribution in [0.1, 0.15) is 13.3 Å². The van der Waals surface area contributed by atoms with Gasteiger partial charge >= 0.3 is 0 Å². The van der Waals surface area contributed by atoms with E-state index in [0.29, 0.717) is 23.7 Å². The zero-order valence-electron chi connectivity index (χ0n) is 12.0. The van der Waals surface area contributed by atoms with E-state index in [1.807, 2.05) is 0 Å².